The van der Waals surface area contributed by atoms with Crippen LogP contribution < -0.4 is 0 Å². The molecule has 0 aromatic heterocycles. The van der Waals surface area contributed by atoms with E-state index >= 15 is 0 Å². The first-order valence-electron chi connectivity index (χ1n) is 5.43. The van der Waals surface area contributed by atoms with Crippen molar-refractivity contribution < 1.29 is 9.84 Å². The molecule has 5 heteroatoms. The summed E-state index contributed by atoms with van der Waals surface area (Å²) < 4.78 is 5.67. The molecule has 6 atom stereocenters. The molecule has 4 nitrogen and oxygen atoms in total. The van der Waals surface area contributed by atoms with Crippen LogP contribution in [0.1, 0.15) is 19.3 Å². The summed E-state index contributed by atoms with van der Waals surface area (Å²) in [6, 6.07) is 4.13. The topological polar surface area (TPSA) is 77.0 Å². The second kappa shape index (κ2) is 2.90. The van der Waals surface area contributed by atoms with Crippen molar-refractivity contribution in [2.24, 2.45) is 11.8 Å². The Kier molecular flexibility index (Phi) is 1.87. The molecular weight excluding hydrogens is 228 g/mol. The molecule has 0 radical (unpaired) electrons. The van der Waals surface area contributed by atoms with Crippen molar-refractivity contribution in [3.05, 3.63) is 0 Å². The number of rotatable bonds is 0. The third kappa shape index (κ3) is 0.919. The summed E-state index contributed by atoms with van der Waals surface area (Å²) in [6.07, 6.45) is 1.16. The Morgan fingerprint density at radius 1 is 1.19 bits per heavy atom. The Labute approximate surface area is 98.4 Å². The van der Waals surface area contributed by atoms with E-state index in [-0.39, 0.29) is 11.8 Å². The predicted octanol–water partition coefficient (Wildman–Crippen LogP) is 0.940. The Hall–Kier alpha value is -0.810. The van der Waals surface area contributed by atoms with Crippen LogP contribution in [-0.2, 0) is 4.74 Å². The molecule has 3 bridgehead atoms. The van der Waals surface area contributed by atoms with Crippen molar-refractivity contribution in [1.29, 1.82) is 10.5 Å². The van der Waals surface area contributed by atoms with Crippen LogP contribution in [0.2, 0.25) is 0 Å². The monoisotopic (exact) mass is 238 g/mol. The molecule has 1 N–H and O–H groups in total. The molecule has 3 fully saturated rings. The summed E-state index contributed by atoms with van der Waals surface area (Å²) in [5.41, 5.74) is -2.44. The summed E-state index contributed by atoms with van der Waals surface area (Å²) >= 11 is 6.21. The third-order valence-electron chi connectivity index (χ3n) is 4.44. The second-order valence-corrected chi connectivity index (χ2v) is 5.54. The number of nitriles is 2. The SMILES string of the molecule is N#C[C@]1(O)[C@@H]2C[C@@H]3C[C@H]1O[C@]3(C#N)[C@@H](Cl)C2. The Morgan fingerprint density at radius 2 is 1.94 bits per heavy atom. The first-order valence-corrected chi connectivity index (χ1v) is 5.87. The molecule has 0 spiro atoms. The van der Waals surface area contributed by atoms with Crippen LogP contribution in [0.5, 0.6) is 0 Å². The van der Waals surface area contributed by atoms with Crippen LogP contribution >= 0.6 is 11.6 Å². The highest BCUT2D eigenvalue weighted by molar-refractivity contribution is 6.21. The van der Waals surface area contributed by atoms with Crippen LogP contribution in [-0.4, -0.2) is 27.8 Å². The number of fused-ring (bicyclic) bond motifs is 2. The molecule has 0 aromatic rings. The fourth-order valence-corrected chi connectivity index (χ4v) is 4.01. The second-order valence-electron chi connectivity index (χ2n) is 5.02. The molecule has 0 amide bonds. The number of halogens is 1. The van der Waals surface area contributed by atoms with Gasteiger partial charge in [0.25, 0.3) is 0 Å². The van der Waals surface area contributed by atoms with E-state index < -0.39 is 22.7 Å². The molecule has 0 unspecified atom stereocenters. The van der Waals surface area contributed by atoms with Gasteiger partial charge in [-0.2, -0.15) is 10.5 Å². The van der Waals surface area contributed by atoms with Gasteiger partial charge in [-0.05, 0) is 19.3 Å². The Bertz CT molecular complexity index is 427. The predicted molar refractivity (Wildman–Crippen MR) is 54.3 cm³/mol. The van der Waals surface area contributed by atoms with E-state index in [1.54, 1.807) is 0 Å². The quantitative estimate of drug-likeness (QED) is 0.503. The number of nitrogens with zero attached hydrogens (tertiary/aromatic N) is 2. The maximum Gasteiger partial charge on any atom is 0.180 e. The van der Waals surface area contributed by atoms with Crippen molar-refractivity contribution in [2.75, 3.05) is 0 Å². The lowest BCUT2D eigenvalue weighted by Crippen LogP contribution is -2.53. The van der Waals surface area contributed by atoms with Gasteiger partial charge in [0.05, 0.1) is 11.4 Å². The molecular formula is C11H11ClN2O2. The molecule has 0 aromatic carbocycles. The van der Waals surface area contributed by atoms with Crippen molar-refractivity contribution in [2.45, 2.75) is 41.9 Å². The zero-order valence-electron chi connectivity index (χ0n) is 8.56. The fourth-order valence-electron chi connectivity index (χ4n) is 3.52. The van der Waals surface area contributed by atoms with E-state index in [2.05, 4.69) is 6.07 Å². The number of aliphatic hydroxyl groups is 1. The summed E-state index contributed by atoms with van der Waals surface area (Å²) in [5, 5.41) is 28.3. The fraction of sp³-hybridized carbons (Fsp3) is 0.818. The van der Waals surface area contributed by atoms with Gasteiger partial charge in [0.15, 0.2) is 11.2 Å². The largest absolute Gasteiger partial charge is 0.373 e. The summed E-state index contributed by atoms with van der Waals surface area (Å²) in [5.74, 6) is -0.0925. The average molecular weight is 239 g/mol. The lowest BCUT2D eigenvalue weighted by molar-refractivity contribution is -0.0894. The first-order chi connectivity index (χ1) is 7.56. The number of alkyl halides is 1. The molecule has 16 heavy (non-hydrogen) atoms. The molecule has 1 saturated heterocycles. The maximum absolute atomic E-state index is 10.3. The van der Waals surface area contributed by atoms with Crippen LogP contribution in [0.15, 0.2) is 0 Å². The van der Waals surface area contributed by atoms with Crippen molar-refractivity contribution in [3.63, 3.8) is 0 Å². The molecule has 1 heterocycles. The van der Waals surface area contributed by atoms with E-state index in [9.17, 15) is 10.4 Å². The van der Waals surface area contributed by atoms with Crippen molar-refractivity contribution >= 4 is 11.6 Å². The minimum atomic E-state index is -1.46. The third-order valence-corrected chi connectivity index (χ3v) is 4.94. The molecule has 3 aliphatic rings. The van der Waals surface area contributed by atoms with Gasteiger partial charge in [-0.3, -0.25) is 0 Å². The van der Waals surface area contributed by atoms with Crippen LogP contribution in [0, 0.1) is 34.5 Å². The highest BCUT2D eigenvalue weighted by Gasteiger charge is 2.68. The van der Waals surface area contributed by atoms with Gasteiger partial charge in [0, 0.05) is 11.8 Å². The van der Waals surface area contributed by atoms with Gasteiger partial charge in [-0.25, -0.2) is 0 Å². The average Bonchev–Trinajstić information content (AvgIpc) is 2.61. The van der Waals surface area contributed by atoms with E-state index in [0.29, 0.717) is 19.3 Å². The summed E-state index contributed by atoms with van der Waals surface area (Å²) in [4.78, 5) is 0. The van der Waals surface area contributed by atoms with Gasteiger partial charge in [0.2, 0.25) is 0 Å². The molecule has 2 saturated carbocycles. The number of hydrogen-bond donors (Lipinski definition) is 1. The van der Waals surface area contributed by atoms with Gasteiger partial charge in [-0.1, -0.05) is 0 Å². The standard InChI is InChI=1S/C11H11ClN2O2/c12-8-2-6-1-7-3-9(10(6,15)4-13)16-11(7,8)5-14/h6-9,15H,1-3H2/t6-,7-,8+,9-,10+,11+/m1/s1. The lowest BCUT2D eigenvalue weighted by atomic mass is 9.61. The van der Waals surface area contributed by atoms with Gasteiger partial charge < -0.3 is 9.84 Å². The van der Waals surface area contributed by atoms with Crippen LogP contribution in [0.25, 0.3) is 0 Å². The van der Waals surface area contributed by atoms with Gasteiger partial charge in [-0.15, -0.1) is 11.6 Å². The van der Waals surface area contributed by atoms with E-state index in [4.69, 9.17) is 21.6 Å². The van der Waals surface area contributed by atoms with E-state index in [1.165, 1.54) is 0 Å². The zero-order chi connectivity index (χ0) is 11.6. The van der Waals surface area contributed by atoms with Crippen molar-refractivity contribution in [3.8, 4) is 12.1 Å². The lowest BCUT2D eigenvalue weighted by Gasteiger charge is -2.43. The summed E-state index contributed by atoms with van der Waals surface area (Å²) in [7, 11) is 0. The van der Waals surface area contributed by atoms with Gasteiger partial charge in [0.1, 0.15) is 12.2 Å². The highest BCUT2D eigenvalue weighted by Crippen LogP contribution is 2.59. The number of hydrogen-bond acceptors (Lipinski definition) is 4. The highest BCUT2D eigenvalue weighted by atomic mass is 35.5. The van der Waals surface area contributed by atoms with E-state index in [1.807, 2.05) is 6.07 Å². The minimum Gasteiger partial charge on any atom is -0.373 e. The molecule has 3 rings (SSSR count). The Morgan fingerprint density at radius 3 is 2.56 bits per heavy atom. The smallest absolute Gasteiger partial charge is 0.180 e. The molecule has 2 aliphatic carbocycles. The maximum atomic E-state index is 10.3. The molecule has 84 valence electrons. The first kappa shape index (κ1) is 10.4. The van der Waals surface area contributed by atoms with Crippen molar-refractivity contribution in [1.82, 2.24) is 0 Å². The molecule has 1 aliphatic heterocycles. The van der Waals surface area contributed by atoms with Gasteiger partial charge >= 0.3 is 0 Å². The normalized spacial score (nSPS) is 58.0. The number of ether oxygens (including phenoxy) is 1. The van der Waals surface area contributed by atoms with Crippen LogP contribution in [0.3, 0.4) is 0 Å². The Balaban J connectivity index is 2.11. The summed E-state index contributed by atoms with van der Waals surface area (Å²) in [6.45, 7) is 0. The van der Waals surface area contributed by atoms with Crippen LogP contribution in [0.4, 0.5) is 0 Å². The van der Waals surface area contributed by atoms with E-state index in [0.717, 1.165) is 0 Å². The minimum absolute atomic E-state index is 0.0670. The zero-order valence-corrected chi connectivity index (χ0v) is 9.31.